The van der Waals surface area contributed by atoms with Crippen LogP contribution in [0, 0.1) is 11.3 Å². The van der Waals surface area contributed by atoms with Gasteiger partial charge in [-0.2, -0.15) is 10.2 Å². The van der Waals surface area contributed by atoms with Gasteiger partial charge in [-0.05, 0) is 0 Å². The Morgan fingerprint density at radius 3 is 2.60 bits per heavy atom. The number of H-pyrrole nitrogens is 1. The Morgan fingerprint density at radius 1 is 1.25 bits per heavy atom. The van der Waals surface area contributed by atoms with E-state index in [9.17, 15) is 4.79 Å². The van der Waals surface area contributed by atoms with Gasteiger partial charge in [0.15, 0.2) is 11.5 Å². The Bertz CT molecular complexity index is 919. The zero-order valence-electron chi connectivity index (χ0n) is 10.7. The molecule has 8 nitrogen and oxygen atoms in total. The van der Waals surface area contributed by atoms with E-state index >= 15 is 0 Å². The van der Waals surface area contributed by atoms with Crippen LogP contribution >= 0.6 is 0 Å². The van der Waals surface area contributed by atoms with E-state index in [-0.39, 0.29) is 11.5 Å². The van der Waals surface area contributed by atoms with Gasteiger partial charge in [-0.25, -0.2) is 9.50 Å². The highest BCUT2D eigenvalue weighted by Gasteiger charge is 2.14. The third-order valence-corrected chi connectivity index (χ3v) is 2.89. The van der Waals surface area contributed by atoms with Crippen LogP contribution in [0.25, 0.3) is 16.8 Å². The number of ether oxygens (including phenoxy) is 2. The lowest BCUT2D eigenvalue weighted by atomic mass is 10.3. The van der Waals surface area contributed by atoms with Gasteiger partial charge in [0.1, 0.15) is 6.07 Å². The summed E-state index contributed by atoms with van der Waals surface area (Å²) in [5.74, 6) is 1.25. The first-order chi connectivity index (χ1) is 9.67. The van der Waals surface area contributed by atoms with Crippen molar-refractivity contribution in [3.63, 3.8) is 0 Å². The van der Waals surface area contributed by atoms with Crippen LogP contribution in [0.3, 0.4) is 0 Å². The summed E-state index contributed by atoms with van der Waals surface area (Å²) in [4.78, 5) is 19.8. The molecule has 0 bridgehead atoms. The summed E-state index contributed by atoms with van der Waals surface area (Å²) in [5, 5.41) is 11.3. The predicted octanol–water partition coefficient (Wildman–Crippen LogP) is 0.460. The van der Waals surface area contributed by atoms with Crippen LogP contribution in [0.15, 0.2) is 16.9 Å². The van der Waals surface area contributed by atoms with E-state index < -0.39 is 5.56 Å². The van der Waals surface area contributed by atoms with E-state index in [0.29, 0.717) is 22.5 Å². The lowest BCUT2D eigenvalue weighted by Gasteiger charge is -2.06. The van der Waals surface area contributed by atoms with Crippen molar-refractivity contribution in [1.82, 2.24) is 19.6 Å². The molecule has 1 N–H and O–H groups in total. The second-order valence-corrected chi connectivity index (χ2v) is 3.96. The first kappa shape index (κ1) is 12.0. The van der Waals surface area contributed by atoms with E-state index in [1.54, 1.807) is 18.2 Å². The molecule has 0 fully saturated rings. The topological polar surface area (TPSA) is 105 Å². The molecule has 20 heavy (non-hydrogen) atoms. The molecule has 0 aliphatic carbocycles. The highest BCUT2D eigenvalue weighted by molar-refractivity contribution is 5.82. The van der Waals surface area contributed by atoms with Gasteiger partial charge in [0.2, 0.25) is 5.69 Å². The molecule has 0 aliphatic rings. The molecular weight excluding hydrogens is 262 g/mol. The molecule has 0 radical (unpaired) electrons. The summed E-state index contributed by atoms with van der Waals surface area (Å²) in [6.45, 7) is 0. The zero-order chi connectivity index (χ0) is 14.3. The largest absolute Gasteiger partial charge is 0.493 e. The molecule has 0 saturated heterocycles. The van der Waals surface area contributed by atoms with Crippen LogP contribution in [0.2, 0.25) is 0 Å². The molecule has 0 atom stereocenters. The van der Waals surface area contributed by atoms with Crippen molar-refractivity contribution in [2.24, 2.45) is 0 Å². The number of imidazole rings is 1. The number of methoxy groups -OCH3 is 2. The fourth-order valence-electron chi connectivity index (χ4n) is 1.96. The van der Waals surface area contributed by atoms with E-state index in [1.165, 1.54) is 18.7 Å². The third-order valence-electron chi connectivity index (χ3n) is 2.89. The molecule has 0 saturated carbocycles. The summed E-state index contributed by atoms with van der Waals surface area (Å²) >= 11 is 0. The summed E-state index contributed by atoms with van der Waals surface area (Å²) < 4.78 is 11.8. The highest BCUT2D eigenvalue weighted by Crippen LogP contribution is 2.31. The summed E-state index contributed by atoms with van der Waals surface area (Å²) in [5.41, 5.74) is 0.369. The predicted molar refractivity (Wildman–Crippen MR) is 68.9 cm³/mol. The van der Waals surface area contributed by atoms with Crippen molar-refractivity contribution in [1.29, 1.82) is 5.26 Å². The summed E-state index contributed by atoms with van der Waals surface area (Å²) in [7, 11) is 3.04. The molecule has 100 valence electrons. The maximum Gasteiger partial charge on any atom is 0.299 e. The number of hydrogen-bond acceptors (Lipinski definition) is 6. The molecule has 0 unspecified atom stereocenters. The number of hydrogen-bond donors (Lipinski definition) is 1. The maximum atomic E-state index is 11.6. The van der Waals surface area contributed by atoms with Crippen molar-refractivity contribution in [2.75, 3.05) is 14.2 Å². The number of nitrogens with one attached hydrogen (secondary N) is 1. The minimum atomic E-state index is -0.575. The van der Waals surface area contributed by atoms with Crippen LogP contribution in [0.1, 0.15) is 5.69 Å². The summed E-state index contributed by atoms with van der Waals surface area (Å²) in [6, 6.07) is 5.07. The van der Waals surface area contributed by atoms with Gasteiger partial charge in [-0.3, -0.25) is 9.89 Å². The Labute approximate surface area is 112 Å². The normalized spacial score (nSPS) is 10.7. The smallest absolute Gasteiger partial charge is 0.299 e. The van der Waals surface area contributed by atoms with Crippen molar-refractivity contribution < 1.29 is 9.47 Å². The van der Waals surface area contributed by atoms with Crippen molar-refractivity contribution in [2.45, 2.75) is 0 Å². The molecule has 0 aliphatic heterocycles. The molecular formula is C12H9N5O3. The number of aromatic nitrogens is 4. The van der Waals surface area contributed by atoms with E-state index in [2.05, 4.69) is 15.1 Å². The second-order valence-electron chi connectivity index (χ2n) is 3.96. The Kier molecular flexibility index (Phi) is 2.54. The summed E-state index contributed by atoms with van der Waals surface area (Å²) in [6.07, 6.45) is 0. The molecule has 3 rings (SSSR count). The van der Waals surface area contributed by atoms with Crippen molar-refractivity contribution >= 4 is 16.8 Å². The Balaban J connectivity index is 2.44. The number of nitrogens with zero attached hydrogens (tertiary/aromatic N) is 4. The average molecular weight is 271 g/mol. The van der Waals surface area contributed by atoms with Crippen LogP contribution < -0.4 is 15.0 Å². The van der Waals surface area contributed by atoms with Gasteiger partial charge >= 0.3 is 0 Å². The second kappa shape index (κ2) is 4.24. The van der Waals surface area contributed by atoms with Crippen LogP contribution in [-0.4, -0.2) is 33.8 Å². The Morgan fingerprint density at radius 2 is 1.95 bits per heavy atom. The monoisotopic (exact) mass is 271 g/mol. The molecule has 0 amide bonds. The van der Waals surface area contributed by atoms with Gasteiger partial charge in [0.25, 0.3) is 11.3 Å². The van der Waals surface area contributed by atoms with Crippen molar-refractivity contribution in [3.8, 4) is 17.6 Å². The molecule has 8 heteroatoms. The zero-order valence-corrected chi connectivity index (χ0v) is 10.7. The number of nitriles is 1. The average Bonchev–Trinajstić information content (AvgIpc) is 2.81. The van der Waals surface area contributed by atoms with E-state index in [1.807, 2.05) is 0 Å². The molecule has 3 aromatic rings. The molecule has 0 spiro atoms. The van der Waals surface area contributed by atoms with Gasteiger partial charge in [0.05, 0.1) is 25.3 Å². The quantitative estimate of drug-likeness (QED) is 0.725. The lowest BCUT2D eigenvalue weighted by Crippen LogP contribution is -2.16. The molecule has 2 heterocycles. The standard InChI is InChI=1S/C12H9N5O3/c1-19-9-3-6-8(4-10(9)20-2)17-12(14-6)15-7(5-13)11(18)16-17/h3-4H,1-2H3,(H,16,18). The minimum Gasteiger partial charge on any atom is -0.493 e. The van der Waals surface area contributed by atoms with Gasteiger partial charge in [0, 0.05) is 12.1 Å². The van der Waals surface area contributed by atoms with Gasteiger partial charge < -0.3 is 9.47 Å². The minimum absolute atomic E-state index is 0.228. The van der Waals surface area contributed by atoms with Gasteiger partial charge in [-0.1, -0.05) is 0 Å². The van der Waals surface area contributed by atoms with E-state index in [4.69, 9.17) is 14.7 Å². The lowest BCUT2D eigenvalue weighted by molar-refractivity contribution is 0.355. The first-order valence-corrected chi connectivity index (χ1v) is 5.62. The molecule has 1 aromatic carbocycles. The third kappa shape index (κ3) is 1.57. The Hall–Kier alpha value is -3.08. The molecule has 2 aromatic heterocycles. The van der Waals surface area contributed by atoms with Crippen LogP contribution in [-0.2, 0) is 0 Å². The highest BCUT2D eigenvalue weighted by atomic mass is 16.5. The van der Waals surface area contributed by atoms with Crippen LogP contribution in [0.4, 0.5) is 0 Å². The SMILES string of the molecule is COc1cc2nc3nc(C#N)c(=O)[nH]n3c2cc1OC. The number of rotatable bonds is 2. The fourth-order valence-corrected chi connectivity index (χ4v) is 1.96. The fraction of sp³-hybridized carbons (Fsp3) is 0.167. The number of benzene rings is 1. The number of fused-ring (bicyclic) bond motifs is 3. The van der Waals surface area contributed by atoms with Crippen LogP contribution in [0.5, 0.6) is 11.5 Å². The first-order valence-electron chi connectivity index (χ1n) is 5.62. The van der Waals surface area contributed by atoms with E-state index in [0.717, 1.165) is 0 Å². The van der Waals surface area contributed by atoms with Gasteiger partial charge in [-0.15, -0.1) is 0 Å². The maximum absolute atomic E-state index is 11.6. The van der Waals surface area contributed by atoms with Crippen molar-refractivity contribution in [3.05, 3.63) is 28.2 Å². The number of aromatic amines is 1.